The summed E-state index contributed by atoms with van der Waals surface area (Å²) in [6.45, 7) is 7.33. The summed E-state index contributed by atoms with van der Waals surface area (Å²) in [6, 6.07) is -0.307. The quantitative estimate of drug-likeness (QED) is 0.112. The molecule has 0 unspecified atom stereocenters. The Hall–Kier alpha value is -0.200. The van der Waals surface area contributed by atoms with Gasteiger partial charge in [-0.15, -0.1) is 14.9 Å². The largest absolute Gasteiger partial charge is 0.455 e. The first kappa shape index (κ1) is 30.3. The lowest BCUT2D eigenvalue weighted by Gasteiger charge is -2.21. The van der Waals surface area contributed by atoms with Crippen molar-refractivity contribution in [3.63, 3.8) is 0 Å². The van der Waals surface area contributed by atoms with E-state index in [9.17, 15) is 26.3 Å². The third kappa shape index (κ3) is 5.71. The molecule has 0 radical (unpaired) electrons. The molecule has 0 fully saturated rings. The number of fused-ring (bicyclic) bond motifs is 1. The number of alkyl halides is 6. The van der Waals surface area contributed by atoms with Gasteiger partial charge in [-0.2, -0.15) is 22.0 Å². The van der Waals surface area contributed by atoms with Crippen LogP contribution in [0.15, 0.2) is 20.1 Å². The summed E-state index contributed by atoms with van der Waals surface area (Å²) in [5.74, 6) is -4.23. The predicted octanol–water partition coefficient (Wildman–Crippen LogP) is 8.83. The Morgan fingerprint density at radius 3 is 1.92 bits per heavy atom. The van der Waals surface area contributed by atoms with E-state index in [1.165, 1.54) is 35.7 Å². The molecule has 0 atom stereocenters. The minimum Gasteiger partial charge on any atom is -0.308 e. The van der Waals surface area contributed by atoms with Gasteiger partial charge in [0, 0.05) is 47.9 Å². The maximum atomic E-state index is 14.0. The molecule has 3 rings (SSSR count). The van der Waals surface area contributed by atoms with Crippen molar-refractivity contribution in [2.75, 3.05) is 12.4 Å². The molecule has 0 saturated carbocycles. The Bertz CT molecular complexity index is 1210. The fraction of sp³-hybridized carbons (Fsp3) is 0.684. The molecule has 3 heterocycles. The topological polar surface area (TPSA) is 23.0 Å². The predicted molar refractivity (Wildman–Crippen MR) is 140 cm³/mol. The van der Waals surface area contributed by atoms with Crippen LogP contribution in [0.4, 0.5) is 26.3 Å². The Morgan fingerprint density at radius 1 is 0.861 bits per heavy atom. The SMILES string of the molecule is CCSc1c(SN2Sc3c(n(C(C)C)c(=S)n3CC(F)(F)C(F)(F)F)S2)n(C(C)C)c(=S)n1CCF. The molecule has 36 heavy (non-hydrogen) atoms. The van der Waals surface area contributed by atoms with E-state index in [1.54, 1.807) is 26.1 Å². The zero-order valence-corrected chi connectivity index (χ0v) is 24.8. The highest BCUT2D eigenvalue weighted by atomic mass is 32.3. The van der Waals surface area contributed by atoms with Gasteiger partial charge in [0.1, 0.15) is 26.8 Å². The van der Waals surface area contributed by atoms with Gasteiger partial charge >= 0.3 is 12.1 Å². The van der Waals surface area contributed by atoms with E-state index in [-0.39, 0.29) is 28.4 Å². The summed E-state index contributed by atoms with van der Waals surface area (Å²) < 4.78 is 88.6. The molecule has 2 aromatic heterocycles. The summed E-state index contributed by atoms with van der Waals surface area (Å²) in [5, 5.41) is 2.25. The van der Waals surface area contributed by atoms with Crippen LogP contribution >= 0.6 is 72.0 Å². The van der Waals surface area contributed by atoms with Gasteiger partial charge in [0.15, 0.2) is 9.54 Å². The third-order valence-electron chi connectivity index (χ3n) is 5.04. The zero-order valence-electron chi connectivity index (χ0n) is 19.9. The van der Waals surface area contributed by atoms with E-state index in [0.29, 0.717) is 15.5 Å². The van der Waals surface area contributed by atoms with Gasteiger partial charge in [-0.05, 0) is 57.9 Å². The van der Waals surface area contributed by atoms with E-state index in [2.05, 4.69) is 0 Å². The first-order chi connectivity index (χ1) is 16.7. The third-order valence-corrected chi connectivity index (χ3v) is 10.6. The molecule has 1 aliphatic rings. The van der Waals surface area contributed by atoms with Crippen LogP contribution in [0.3, 0.4) is 0 Å². The summed E-state index contributed by atoms with van der Waals surface area (Å²) in [7, 11) is 0. The van der Waals surface area contributed by atoms with Gasteiger partial charge in [-0.25, -0.2) is 4.39 Å². The van der Waals surface area contributed by atoms with Crippen LogP contribution in [0, 0.1) is 9.54 Å². The number of rotatable bonds is 10. The fourth-order valence-electron chi connectivity index (χ4n) is 3.46. The summed E-state index contributed by atoms with van der Waals surface area (Å²) in [6.07, 6.45) is -5.70. The Labute approximate surface area is 232 Å². The van der Waals surface area contributed by atoms with Gasteiger partial charge < -0.3 is 18.3 Å². The molecular formula is C19H25F6N5S6. The molecule has 0 aliphatic carbocycles. The average Bonchev–Trinajstić information content (AvgIpc) is 3.33. The van der Waals surface area contributed by atoms with Crippen molar-refractivity contribution in [1.82, 2.24) is 21.4 Å². The number of hydrogen-bond acceptors (Lipinski definition) is 7. The van der Waals surface area contributed by atoms with Crippen molar-refractivity contribution in [1.29, 1.82) is 0 Å². The smallest absolute Gasteiger partial charge is 0.308 e. The van der Waals surface area contributed by atoms with E-state index < -0.39 is 25.3 Å². The maximum Gasteiger partial charge on any atom is 0.455 e. The molecule has 2 aromatic rings. The zero-order chi connectivity index (χ0) is 27.2. The maximum absolute atomic E-state index is 14.0. The number of nitrogens with zero attached hydrogens (tertiary/aromatic N) is 5. The summed E-state index contributed by atoms with van der Waals surface area (Å²) >= 11 is 15.9. The Morgan fingerprint density at radius 2 is 1.42 bits per heavy atom. The number of thioether (sulfide) groups is 1. The number of aromatic nitrogens is 4. The second-order valence-electron chi connectivity index (χ2n) is 8.27. The highest BCUT2D eigenvalue weighted by Gasteiger charge is 2.58. The van der Waals surface area contributed by atoms with Crippen molar-refractivity contribution in [3.8, 4) is 0 Å². The van der Waals surface area contributed by atoms with Gasteiger partial charge in [0.25, 0.3) is 0 Å². The van der Waals surface area contributed by atoms with Crippen LogP contribution in [-0.4, -0.2) is 45.9 Å². The standard InChI is InChI=1S/C19H25F6N5S6/c1-6-33-12-14(28(10(2)3)16(31)26(12)8-7-20)35-30-34-13-15(36-30)29(11(4)5)17(32)27(13)9-18(21,22)19(23,24)25/h10-11H,6-9H2,1-5H3. The molecule has 17 heteroatoms. The lowest BCUT2D eigenvalue weighted by Crippen LogP contribution is -2.40. The molecule has 0 bridgehead atoms. The number of hydrogen-bond donors (Lipinski definition) is 0. The van der Waals surface area contributed by atoms with Crippen LogP contribution in [-0.2, 0) is 13.1 Å². The number of halogens is 6. The van der Waals surface area contributed by atoms with Gasteiger partial charge in [-0.3, -0.25) is 0 Å². The lowest BCUT2D eigenvalue weighted by atomic mass is 10.3. The fourth-order valence-corrected chi connectivity index (χ4v) is 9.69. The molecule has 0 saturated heterocycles. The lowest BCUT2D eigenvalue weighted by molar-refractivity contribution is -0.287. The molecule has 204 valence electrons. The molecular weight excluding hydrogens is 605 g/mol. The van der Waals surface area contributed by atoms with E-state index in [0.717, 1.165) is 26.6 Å². The Kier molecular flexibility index (Phi) is 9.69. The minimum absolute atomic E-state index is 0.0452. The van der Waals surface area contributed by atoms with Gasteiger partial charge in [-0.1, -0.05) is 6.92 Å². The van der Waals surface area contributed by atoms with Crippen LogP contribution in [0.2, 0.25) is 0 Å². The summed E-state index contributed by atoms with van der Waals surface area (Å²) in [5.41, 5.74) is 0. The van der Waals surface area contributed by atoms with Crippen molar-refractivity contribution in [2.45, 2.75) is 92.0 Å². The molecule has 0 aromatic carbocycles. The van der Waals surface area contributed by atoms with Crippen LogP contribution < -0.4 is 0 Å². The van der Waals surface area contributed by atoms with Gasteiger partial charge in [0.2, 0.25) is 0 Å². The van der Waals surface area contributed by atoms with Crippen molar-refractivity contribution >= 4 is 72.0 Å². The number of imidazole rings is 2. The first-order valence-corrected chi connectivity index (χ1v) is 15.0. The van der Waals surface area contributed by atoms with Crippen LogP contribution in [0.5, 0.6) is 0 Å². The molecule has 1 aliphatic heterocycles. The second-order valence-corrected chi connectivity index (χ2v) is 13.8. The van der Waals surface area contributed by atoms with E-state index >= 15 is 0 Å². The van der Waals surface area contributed by atoms with Crippen molar-refractivity contribution in [2.24, 2.45) is 0 Å². The minimum atomic E-state index is -5.70. The molecule has 0 spiro atoms. The first-order valence-electron chi connectivity index (χ1n) is 10.8. The van der Waals surface area contributed by atoms with Gasteiger partial charge in [0.05, 0.1) is 13.1 Å². The normalized spacial score (nSPS) is 15.0. The highest BCUT2D eigenvalue weighted by molar-refractivity contribution is 8.27. The monoisotopic (exact) mass is 629 g/mol. The van der Waals surface area contributed by atoms with E-state index in [1.807, 2.05) is 25.3 Å². The van der Waals surface area contributed by atoms with Crippen LogP contribution in [0.1, 0.15) is 46.7 Å². The second kappa shape index (κ2) is 11.5. The average molecular weight is 630 g/mol. The van der Waals surface area contributed by atoms with Crippen LogP contribution in [0.25, 0.3) is 0 Å². The van der Waals surface area contributed by atoms with E-state index in [4.69, 9.17) is 24.4 Å². The highest BCUT2D eigenvalue weighted by Crippen LogP contribution is 2.55. The summed E-state index contributed by atoms with van der Waals surface area (Å²) in [4.78, 5) is 0. The molecule has 0 amide bonds. The molecule has 0 N–H and O–H groups in total. The van der Waals surface area contributed by atoms with Crippen molar-refractivity contribution in [3.05, 3.63) is 9.54 Å². The molecule has 5 nitrogen and oxygen atoms in total. The Balaban J connectivity index is 2.05. The van der Waals surface area contributed by atoms with Crippen molar-refractivity contribution < 1.29 is 26.3 Å².